The number of likely N-dealkylation sites (N-methyl/N-ethyl adjacent to an activating group) is 1. The van der Waals surface area contributed by atoms with E-state index >= 15 is 0 Å². The van der Waals surface area contributed by atoms with Gasteiger partial charge in [-0.05, 0) is 57.1 Å². The van der Waals surface area contributed by atoms with E-state index in [0.29, 0.717) is 0 Å². The second-order valence-corrected chi connectivity index (χ2v) is 6.34. The quantitative estimate of drug-likeness (QED) is 0.704. The molecule has 0 spiro atoms. The standard InChI is InChI=1S/C17H31N3/c1-15(2)14-20(13-12-19(3)4)11-5-6-16-7-9-17(18)10-8-16/h7-10,15H,5-6,11-14,18H2,1-4H3. The molecule has 0 amide bonds. The van der Waals surface area contributed by atoms with E-state index in [0.717, 1.165) is 31.1 Å². The van der Waals surface area contributed by atoms with Gasteiger partial charge in [0.25, 0.3) is 0 Å². The Morgan fingerprint density at radius 2 is 1.65 bits per heavy atom. The van der Waals surface area contributed by atoms with Crippen molar-refractivity contribution in [3.8, 4) is 0 Å². The molecule has 0 radical (unpaired) electrons. The summed E-state index contributed by atoms with van der Waals surface area (Å²) in [4.78, 5) is 4.84. The molecule has 1 aromatic rings. The summed E-state index contributed by atoms with van der Waals surface area (Å²) < 4.78 is 0. The highest BCUT2D eigenvalue weighted by Gasteiger charge is 2.07. The Bertz CT molecular complexity index is 357. The van der Waals surface area contributed by atoms with Crippen molar-refractivity contribution < 1.29 is 0 Å². The fourth-order valence-corrected chi connectivity index (χ4v) is 2.34. The average Bonchev–Trinajstić information content (AvgIpc) is 2.37. The monoisotopic (exact) mass is 277 g/mol. The highest BCUT2D eigenvalue weighted by atomic mass is 15.2. The molecule has 0 saturated carbocycles. The van der Waals surface area contributed by atoms with E-state index in [2.05, 4.69) is 49.9 Å². The Morgan fingerprint density at radius 3 is 2.20 bits per heavy atom. The van der Waals surface area contributed by atoms with E-state index in [1.54, 1.807) is 0 Å². The summed E-state index contributed by atoms with van der Waals surface area (Å²) >= 11 is 0. The molecule has 0 fully saturated rings. The molecule has 0 aromatic heterocycles. The van der Waals surface area contributed by atoms with E-state index in [4.69, 9.17) is 5.73 Å². The van der Waals surface area contributed by atoms with E-state index in [1.807, 2.05) is 12.1 Å². The summed E-state index contributed by atoms with van der Waals surface area (Å²) in [6, 6.07) is 8.27. The van der Waals surface area contributed by atoms with Crippen molar-refractivity contribution in [2.24, 2.45) is 5.92 Å². The number of rotatable bonds is 9. The highest BCUT2D eigenvalue weighted by molar-refractivity contribution is 5.39. The summed E-state index contributed by atoms with van der Waals surface area (Å²) in [5.74, 6) is 0.730. The topological polar surface area (TPSA) is 32.5 Å². The van der Waals surface area contributed by atoms with Crippen molar-refractivity contribution in [3.05, 3.63) is 29.8 Å². The summed E-state index contributed by atoms with van der Waals surface area (Å²) in [6.07, 6.45) is 2.35. The molecule has 0 bridgehead atoms. The third-order valence-corrected chi connectivity index (χ3v) is 3.41. The van der Waals surface area contributed by atoms with Gasteiger partial charge in [-0.1, -0.05) is 26.0 Å². The molecule has 0 aliphatic rings. The van der Waals surface area contributed by atoms with Gasteiger partial charge in [-0.2, -0.15) is 0 Å². The van der Waals surface area contributed by atoms with Crippen LogP contribution in [0.5, 0.6) is 0 Å². The molecule has 0 heterocycles. The van der Waals surface area contributed by atoms with E-state index in [9.17, 15) is 0 Å². The first-order valence-electron chi connectivity index (χ1n) is 7.69. The molecule has 20 heavy (non-hydrogen) atoms. The molecule has 114 valence electrons. The fourth-order valence-electron chi connectivity index (χ4n) is 2.34. The van der Waals surface area contributed by atoms with Crippen LogP contribution in [-0.4, -0.2) is 50.1 Å². The van der Waals surface area contributed by atoms with Crippen LogP contribution in [0.1, 0.15) is 25.8 Å². The fraction of sp³-hybridized carbons (Fsp3) is 0.647. The zero-order valence-electron chi connectivity index (χ0n) is 13.6. The predicted molar refractivity (Wildman–Crippen MR) is 89.0 cm³/mol. The maximum atomic E-state index is 5.71. The number of nitrogens with two attached hydrogens (primary N) is 1. The van der Waals surface area contributed by atoms with Crippen molar-refractivity contribution in [1.29, 1.82) is 0 Å². The molecule has 3 nitrogen and oxygen atoms in total. The van der Waals surface area contributed by atoms with Crippen LogP contribution in [-0.2, 0) is 6.42 Å². The third-order valence-electron chi connectivity index (χ3n) is 3.41. The molecule has 0 aliphatic carbocycles. The van der Waals surface area contributed by atoms with Crippen LogP contribution in [0.25, 0.3) is 0 Å². The van der Waals surface area contributed by atoms with Gasteiger partial charge >= 0.3 is 0 Å². The van der Waals surface area contributed by atoms with Crippen molar-refractivity contribution in [3.63, 3.8) is 0 Å². The first-order chi connectivity index (χ1) is 9.47. The van der Waals surface area contributed by atoms with Gasteiger partial charge in [0, 0.05) is 25.3 Å². The van der Waals surface area contributed by atoms with Crippen LogP contribution >= 0.6 is 0 Å². The van der Waals surface area contributed by atoms with Crippen molar-refractivity contribution in [2.45, 2.75) is 26.7 Å². The normalized spacial score (nSPS) is 11.8. The zero-order chi connectivity index (χ0) is 15.0. The van der Waals surface area contributed by atoms with Crippen LogP contribution in [0.15, 0.2) is 24.3 Å². The van der Waals surface area contributed by atoms with Gasteiger partial charge < -0.3 is 15.5 Å². The Labute approximate surface area is 124 Å². The lowest BCUT2D eigenvalue weighted by Gasteiger charge is -2.25. The minimum absolute atomic E-state index is 0.730. The molecule has 1 rings (SSSR count). The number of nitrogen functional groups attached to an aromatic ring is 1. The smallest absolute Gasteiger partial charge is 0.0314 e. The molecular formula is C17H31N3. The summed E-state index contributed by atoms with van der Waals surface area (Å²) in [5.41, 5.74) is 7.95. The third kappa shape index (κ3) is 7.51. The zero-order valence-corrected chi connectivity index (χ0v) is 13.6. The Kier molecular flexibility index (Phi) is 7.63. The first-order valence-corrected chi connectivity index (χ1v) is 7.69. The van der Waals surface area contributed by atoms with E-state index in [-0.39, 0.29) is 0 Å². The van der Waals surface area contributed by atoms with Gasteiger partial charge in [-0.25, -0.2) is 0 Å². The Balaban J connectivity index is 2.34. The molecule has 0 aliphatic heterocycles. The largest absolute Gasteiger partial charge is 0.399 e. The van der Waals surface area contributed by atoms with Crippen molar-refractivity contribution >= 4 is 5.69 Å². The number of benzene rings is 1. The highest BCUT2D eigenvalue weighted by Crippen LogP contribution is 2.09. The maximum absolute atomic E-state index is 5.71. The molecule has 0 saturated heterocycles. The van der Waals surface area contributed by atoms with Crippen molar-refractivity contribution in [2.75, 3.05) is 46.0 Å². The molecular weight excluding hydrogens is 246 g/mol. The van der Waals surface area contributed by atoms with Gasteiger partial charge in [-0.3, -0.25) is 0 Å². The molecule has 0 atom stereocenters. The minimum Gasteiger partial charge on any atom is -0.399 e. The second kappa shape index (κ2) is 8.98. The number of hydrogen-bond acceptors (Lipinski definition) is 3. The van der Waals surface area contributed by atoms with Gasteiger partial charge in [0.15, 0.2) is 0 Å². The molecule has 1 aromatic carbocycles. The number of anilines is 1. The Morgan fingerprint density at radius 1 is 1.00 bits per heavy atom. The SMILES string of the molecule is CC(C)CN(CCCc1ccc(N)cc1)CCN(C)C. The lowest BCUT2D eigenvalue weighted by Crippen LogP contribution is -2.35. The minimum atomic E-state index is 0.730. The summed E-state index contributed by atoms with van der Waals surface area (Å²) in [7, 11) is 4.28. The van der Waals surface area contributed by atoms with Crippen molar-refractivity contribution in [1.82, 2.24) is 9.80 Å². The van der Waals surface area contributed by atoms with Gasteiger partial charge in [-0.15, -0.1) is 0 Å². The van der Waals surface area contributed by atoms with Crippen LogP contribution < -0.4 is 5.73 Å². The predicted octanol–water partition coefficient (Wildman–Crippen LogP) is 2.72. The summed E-state index contributed by atoms with van der Waals surface area (Å²) in [5, 5.41) is 0. The number of nitrogens with zero attached hydrogens (tertiary/aromatic N) is 2. The first kappa shape index (κ1) is 17.0. The molecule has 0 unspecified atom stereocenters. The lowest BCUT2D eigenvalue weighted by atomic mass is 10.1. The average molecular weight is 277 g/mol. The van der Waals surface area contributed by atoms with E-state index < -0.39 is 0 Å². The van der Waals surface area contributed by atoms with Gasteiger partial charge in [0.1, 0.15) is 0 Å². The summed E-state index contributed by atoms with van der Waals surface area (Å²) in [6.45, 7) is 9.25. The maximum Gasteiger partial charge on any atom is 0.0314 e. The number of hydrogen-bond donors (Lipinski definition) is 1. The van der Waals surface area contributed by atoms with Crippen LogP contribution in [0.2, 0.25) is 0 Å². The van der Waals surface area contributed by atoms with Crippen LogP contribution in [0.3, 0.4) is 0 Å². The van der Waals surface area contributed by atoms with Crippen LogP contribution in [0, 0.1) is 5.92 Å². The molecule has 2 N–H and O–H groups in total. The van der Waals surface area contributed by atoms with Gasteiger partial charge in [0.2, 0.25) is 0 Å². The molecule has 3 heteroatoms. The van der Waals surface area contributed by atoms with E-state index in [1.165, 1.54) is 25.1 Å². The Hall–Kier alpha value is -1.06. The second-order valence-electron chi connectivity index (χ2n) is 6.34. The van der Waals surface area contributed by atoms with Crippen LogP contribution in [0.4, 0.5) is 5.69 Å². The lowest BCUT2D eigenvalue weighted by molar-refractivity contribution is 0.217. The van der Waals surface area contributed by atoms with Gasteiger partial charge in [0.05, 0.1) is 0 Å². The number of aryl methyl sites for hydroxylation is 1.